The molecule has 1 saturated carbocycles. The van der Waals surface area contributed by atoms with Crippen LogP contribution in [0.4, 0.5) is 0 Å². The van der Waals surface area contributed by atoms with E-state index in [2.05, 4.69) is 54.9 Å². The highest BCUT2D eigenvalue weighted by molar-refractivity contribution is 9.09. The average Bonchev–Trinajstić information content (AvgIpc) is 3.34. The molecule has 0 saturated heterocycles. The highest BCUT2D eigenvalue weighted by Crippen LogP contribution is 2.47. The quantitative estimate of drug-likeness (QED) is 0.526. The van der Waals surface area contributed by atoms with Gasteiger partial charge in [-0.25, -0.2) is 0 Å². The van der Waals surface area contributed by atoms with Crippen molar-refractivity contribution >= 4 is 15.9 Å². The van der Waals surface area contributed by atoms with Crippen LogP contribution in [-0.2, 0) is 0 Å². The molecule has 2 nitrogen and oxygen atoms in total. The molecular weight excluding hydrogens is 328 g/mol. The highest BCUT2D eigenvalue weighted by atomic mass is 79.9. The van der Waals surface area contributed by atoms with E-state index >= 15 is 0 Å². The summed E-state index contributed by atoms with van der Waals surface area (Å²) >= 11 is 3.88. The maximum atomic E-state index is 5.88. The smallest absolute Gasteiger partial charge is 0.161 e. The molecule has 0 bridgehead atoms. The number of alkyl halides is 1. The fraction of sp³-hybridized carbons (Fsp3) is 0.667. The Balaban J connectivity index is 2.14. The Hall–Kier alpha value is -0.700. The number of hydrogen-bond donors (Lipinski definition) is 0. The number of rotatable bonds is 9. The van der Waals surface area contributed by atoms with Crippen molar-refractivity contribution in [2.24, 2.45) is 11.8 Å². The SMILES string of the molecule is CCCOc1ccc(C(Br)C(C)C2CC2)cc1OCCC. The standard InChI is InChI=1S/C18H27BrO2/c1-4-10-20-16-9-8-15(12-17(16)21-11-5-2)18(19)13(3)14-6-7-14/h8-9,12-14,18H,4-7,10-11H2,1-3H3. The van der Waals surface area contributed by atoms with Crippen LogP contribution < -0.4 is 9.47 Å². The van der Waals surface area contributed by atoms with E-state index in [-0.39, 0.29) is 0 Å². The molecule has 1 aromatic carbocycles. The van der Waals surface area contributed by atoms with E-state index in [4.69, 9.17) is 9.47 Å². The molecule has 1 fully saturated rings. The van der Waals surface area contributed by atoms with E-state index in [1.165, 1.54) is 18.4 Å². The second-order valence-corrected chi connectivity index (χ2v) is 6.99. The van der Waals surface area contributed by atoms with Gasteiger partial charge in [0.1, 0.15) is 0 Å². The molecule has 2 rings (SSSR count). The minimum Gasteiger partial charge on any atom is -0.490 e. The van der Waals surface area contributed by atoms with Crippen LogP contribution in [0.5, 0.6) is 11.5 Å². The zero-order valence-corrected chi connectivity index (χ0v) is 15.0. The van der Waals surface area contributed by atoms with Crippen molar-refractivity contribution in [1.29, 1.82) is 0 Å². The summed E-state index contributed by atoms with van der Waals surface area (Å²) in [6.45, 7) is 8.05. The van der Waals surface area contributed by atoms with Gasteiger partial charge in [0, 0.05) is 4.83 Å². The van der Waals surface area contributed by atoms with Crippen LogP contribution in [0.25, 0.3) is 0 Å². The Kier molecular flexibility index (Phi) is 6.40. The van der Waals surface area contributed by atoms with Crippen molar-refractivity contribution in [2.45, 2.75) is 51.3 Å². The van der Waals surface area contributed by atoms with Crippen LogP contribution >= 0.6 is 15.9 Å². The van der Waals surface area contributed by atoms with Gasteiger partial charge in [-0.05, 0) is 55.2 Å². The van der Waals surface area contributed by atoms with Gasteiger partial charge in [-0.2, -0.15) is 0 Å². The second-order valence-electron chi connectivity index (χ2n) is 6.00. The molecule has 2 unspecified atom stereocenters. The molecule has 118 valence electrons. The zero-order valence-electron chi connectivity index (χ0n) is 13.4. The molecule has 3 heteroatoms. The summed E-state index contributed by atoms with van der Waals surface area (Å²) in [5.74, 6) is 3.31. The van der Waals surface area contributed by atoms with Crippen LogP contribution in [-0.4, -0.2) is 13.2 Å². The Bertz CT molecular complexity index is 443. The van der Waals surface area contributed by atoms with Gasteiger partial charge in [0.25, 0.3) is 0 Å². The number of halogens is 1. The van der Waals surface area contributed by atoms with Gasteiger partial charge in [-0.3, -0.25) is 0 Å². The fourth-order valence-electron chi connectivity index (χ4n) is 2.52. The topological polar surface area (TPSA) is 18.5 Å². The van der Waals surface area contributed by atoms with E-state index in [0.717, 1.165) is 43.5 Å². The molecule has 0 aromatic heterocycles. The highest BCUT2D eigenvalue weighted by Gasteiger charge is 2.33. The van der Waals surface area contributed by atoms with Gasteiger partial charge in [-0.1, -0.05) is 42.8 Å². The Morgan fingerprint density at radius 2 is 1.71 bits per heavy atom. The first kappa shape index (κ1) is 16.7. The van der Waals surface area contributed by atoms with Gasteiger partial charge in [-0.15, -0.1) is 0 Å². The van der Waals surface area contributed by atoms with Gasteiger partial charge in [0.15, 0.2) is 11.5 Å². The van der Waals surface area contributed by atoms with E-state index in [0.29, 0.717) is 10.7 Å². The third-order valence-electron chi connectivity index (χ3n) is 4.04. The predicted octanol–water partition coefficient (Wildman–Crippen LogP) is 5.75. The van der Waals surface area contributed by atoms with E-state index in [9.17, 15) is 0 Å². The van der Waals surface area contributed by atoms with E-state index < -0.39 is 0 Å². The summed E-state index contributed by atoms with van der Waals surface area (Å²) in [5.41, 5.74) is 1.30. The van der Waals surface area contributed by atoms with Gasteiger partial charge < -0.3 is 9.47 Å². The second kappa shape index (κ2) is 8.07. The van der Waals surface area contributed by atoms with Gasteiger partial charge in [0.2, 0.25) is 0 Å². The summed E-state index contributed by atoms with van der Waals surface area (Å²) in [4.78, 5) is 0.397. The van der Waals surface area contributed by atoms with Crippen LogP contribution in [0.1, 0.15) is 56.8 Å². The monoisotopic (exact) mass is 354 g/mol. The molecule has 1 aromatic rings. The minimum atomic E-state index is 0.397. The lowest BCUT2D eigenvalue weighted by Gasteiger charge is -2.20. The minimum absolute atomic E-state index is 0.397. The van der Waals surface area contributed by atoms with Crippen molar-refractivity contribution in [3.05, 3.63) is 23.8 Å². The molecule has 0 spiro atoms. The first-order valence-electron chi connectivity index (χ1n) is 8.21. The summed E-state index contributed by atoms with van der Waals surface area (Å²) in [6, 6.07) is 6.38. The molecule has 1 aliphatic rings. The normalized spacial score (nSPS) is 17.3. The largest absolute Gasteiger partial charge is 0.490 e. The molecule has 0 radical (unpaired) electrons. The van der Waals surface area contributed by atoms with Crippen LogP contribution in [0.2, 0.25) is 0 Å². The summed E-state index contributed by atoms with van der Waals surface area (Å²) in [5, 5.41) is 0. The molecule has 0 N–H and O–H groups in total. The number of ether oxygens (including phenoxy) is 2. The first-order chi connectivity index (χ1) is 10.2. The lowest BCUT2D eigenvalue weighted by molar-refractivity contribution is 0.268. The summed E-state index contributed by atoms with van der Waals surface area (Å²) in [6.07, 6.45) is 4.77. The molecule has 2 atom stereocenters. The van der Waals surface area contributed by atoms with Crippen molar-refractivity contribution < 1.29 is 9.47 Å². The maximum Gasteiger partial charge on any atom is 0.161 e. The summed E-state index contributed by atoms with van der Waals surface area (Å²) < 4.78 is 11.7. The number of hydrogen-bond acceptors (Lipinski definition) is 2. The van der Waals surface area contributed by atoms with Crippen molar-refractivity contribution in [2.75, 3.05) is 13.2 Å². The molecule has 1 aliphatic carbocycles. The molecule has 21 heavy (non-hydrogen) atoms. The Morgan fingerprint density at radius 1 is 1.10 bits per heavy atom. The van der Waals surface area contributed by atoms with Crippen LogP contribution in [0.3, 0.4) is 0 Å². The Morgan fingerprint density at radius 3 is 2.29 bits per heavy atom. The fourth-order valence-corrected chi connectivity index (χ4v) is 3.23. The average molecular weight is 355 g/mol. The maximum absolute atomic E-state index is 5.88. The van der Waals surface area contributed by atoms with E-state index in [1.54, 1.807) is 0 Å². The molecule has 0 aliphatic heterocycles. The third-order valence-corrected chi connectivity index (χ3v) is 5.40. The van der Waals surface area contributed by atoms with Crippen LogP contribution in [0, 0.1) is 11.8 Å². The lowest BCUT2D eigenvalue weighted by Crippen LogP contribution is -2.07. The van der Waals surface area contributed by atoms with Crippen molar-refractivity contribution in [3.8, 4) is 11.5 Å². The first-order valence-corrected chi connectivity index (χ1v) is 9.12. The molecule has 0 heterocycles. The predicted molar refractivity (Wildman–Crippen MR) is 91.6 cm³/mol. The lowest BCUT2D eigenvalue weighted by atomic mass is 9.96. The Labute approximate surface area is 137 Å². The molecule has 0 amide bonds. The third kappa shape index (κ3) is 4.64. The summed E-state index contributed by atoms with van der Waals surface area (Å²) in [7, 11) is 0. The zero-order chi connectivity index (χ0) is 15.2. The van der Waals surface area contributed by atoms with Gasteiger partial charge in [0.05, 0.1) is 13.2 Å². The van der Waals surface area contributed by atoms with Crippen molar-refractivity contribution in [3.63, 3.8) is 0 Å². The van der Waals surface area contributed by atoms with Crippen LogP contribution in [0.15, 0.2) is 18.2 Å². The van der Waals surface area contributed by atoms with E-state index in [1.807, 2.05) is 0 Å². The molecular formula is C18H27BrO2. The van der Waals surface area contributed by atoms with Crippen molar-refractivity contribution in [1.82, 2.24) is 0 Å². The van der Waals surface area contributed by atoms with Gasteiger partial charge >= 0.3 is 0 Å². The number of benzene rings is 1.